The first-order chi connectivity index (χ1) is 11.1. The van der Waals surface area contributed by atoms with Crippen LogP contribution in [0.5, 0.6) is 5.75 Å². The fourth-order valence-corrected chi connectivity index (χ4v) is 3.13. The molecule has 0 aliphatic carbocycles. The van der Waals surface area contributed by atoms with E-state index in [1.54, 1.807) is 12.1 Å². The number of fused-ring (bicyclic) bond motifs is 1. The highest BCUT2D eigenvalue weighted by atomic mass is 35.5. The third kappa shape index (κ3) is 4.25. The molecule has 122 valence electrons. The SMILES string of the molecule is Cc1ccc2c(c1)CCC(CNC[C@H](O)c1cccc(Cl)c1)O2. The minimum absolute atomic E-state index is 0.150. The van der Waals surface area contributed by atoms with Crippen molar-refractivity contribution in [1.82, 2.24) is 5.32 Å². The molecule has 3 nitrogen and oxygen atoms in total. The molecule has 4 heteroatoms. The molecule has 0 fully saturated rings. The van der Waals surface area contributed by atoms with Crippen LogP contribution in [0, 0.1) is 6.92 Å². The second-order valence-corrected chi connectivity index (χ2v) is 6.56. The van der Waals surface area contributed by atoms with Crippen LogP contribution in [0.1, 0.15) is 29.2 Å². The van der Waals surface area contributed by atoms with E-state index >= 15 is 0 Å². The molecule has 0 spiro atoms. The lowest BCUT2D eigenvalue weighted by atomic mass is 10.0. The molecular formula is C19H22ClNO2. The summed E-state index contributed by atoms with van der Waals surface area (Å²) in [4.78, 5) is 0. The fourth-order valence-electron chi connectivity index (χ4n) is 2.93. The Balaban J connectivity index is 1.49. The van der Waals surface area contributed by atoms with E-state index in [1.165, 1.54) is 11.1 Å². The number of aliphatic hydroxyl groups excluding tert-OH is 1. The molecule has 0 saturated heterocycles. The van der Waals surface area contributed by atoms with E-state index in [1.807, 2.05) is 12.1 Å². The number of hydrogen-bond donors (Lipinski definition) is 2. The Morgan fingerprint density at radius 1 is 1.30 bits per heavy atom. The predicted molar refractivity (Wildman–Crippen MR) is 93.2 cm³/mol. The van der Waals surface area contributed by atoms with Gasteiger partial charge in [-0.2, -0.15) is 0 Å². The highest BCUT2D eigenvalue weighted by molar-refractivity contribution is 6.30. The fraction of sp³-hybridized carbons (Fsp3) is 0.368. The largest absolute Gasteiger partial charge is 0.489 e. The molecule has 1 unspecified atom stereocenters. The van der Waals surface area contributed by atoms with Gasteiger partial charge in [0.05, 0.1) is 6.10 Å². The lowest BCUT2D eigenvalue weighted by Crippen LogP contribution is -2.36. The number of ether oxygens (including phenoxy) is 1. The van der Waals surface area contributed by atoms with Crippen molar-refractivity contribution in [2.24, 2.45) is 0 Å². The summed E-state index contributed by atoms with van der Waals surface area (Å²) >= 11 is 5.95. The van der Waals surface area contributed by atoms with Gasteiger partial charge in [-0.1, -0.05) is 41.4 Å². The normalized spacial score (nSPS) is 18.1. The highest BCUT2D eigenvalue weighted by Crippen LogP contribution is 2.28. The molecule has 23 heavy (non-hydrogen) atoms. The van der Waals surface area contributed by atoms with Gasteiger partial charge in [-0.05, 0) is 49.1 Å². The van der Waals surface area contributed by atoms with Gasteiger partial charge >= 0.3 is 0 Å². The molecule has 1 heterocycles. The number of benzene rings is 2. The summed E-state index contributed by atoms with van der Waals surface area (Å²) in [6, 6.07) is 13.7. The van der Waals surface area contributed by atoms with Gasteiger partial charge < -0.3 is 15.2 Å². The zero-order valence-electron chi connectivity index (χ0n) is 13.3. The molecule has 2 aromatic carbocycles. The third-order valence-corrected chi connectivity index (χ3v) is 4.42. The third-order valence-electron chi connectivity index (χ3n) is 4.19. The summed E-state index contributed by atoms with van der Waals surface area (Å²) in [6.45, 7) is 3.32. The standard InChI is InChI=1S/C19H22ClNO2/c1-13-5-8-19-15(9-13)6-7-17(23-19)11-21-12-18(22)14-3-2-4-16(20)10-14/h2-5,8-10,17-18,21-22H,6-7,11-12H2,1H3/t17?,18-/m0/s1. The van der Waals surface area contributed by atoms with Crippen LogP contribution >= 0.6 is 11.6 Å². The van der Waals surface area contributed by atoms with Crippen LogP contribution in [0.3, 0.4) is 0 Å². The van der Waals surface area contributed by atoms with Crippen LogP contribution in [-0.4, -0.2) is 24.3 Å². The van der Waals surface area contributed by atoms with Crippen LogP contribution in [0.25, 0.3) is 0 Å². The van der Waals surface area contributed by atoms with Crippen molar-refractivity contribution >= 4 is 11.6 Å². The van der Waals surface area contributed by atoms with Gasteiger partial charge in [0.2, 0.25) is 0 Å². The first kappa shape index (κ1) is 16.3. The molecule has 0 saturated carbocycles. The van der Waals surface area contributed by atoms with Crippen LogP contribution < -0.4 is 10.1 Å². The molecule has 1 aliphatic heterocycles. The van der Waals surface area contributed by atoms with Crippen molar-refractivity contribution in [2.75, 3.05) is 13.1 Å². The molecular weight excluding hydrogens is 310 g/mol. The Kier molecular flexibility index (Phi) is 5.21. The van der Waals surface area contributed by atoms with Gasteiger partial charge in [0.1, 0.15) is 11.9 Å². The number of hydrogen-bond acceptors (Lipinski definition) is 3. The minimum Gasteiger partial charge on any atom is -0.489 e. The maximum atomic E-state index is 10.2. The van der Waals surface area contributed by atoms with Crippen LogP contribution in [0.15, 0.2) is 42.5 Å². The van der Waals surface area contributed by atoms with Crippen molar-refractivity contribution in [2.45, 2.75) is 32.0 Å². The average molecular weight is 332 g/mol. The van der Waals surface area contributed by atoms with Crippen molar-refractivity contribution in [3.05, 3.63) is 64.2 Å². The first-order valence-electron chi connectivity index (χ1n) is 8.02. The first-order valence-corrected chi connectivity index (χ1v) is 8.40. The number of aryl methyl sites for hydroxylation is 2. The van der Waals surface area contributed by atoms with Crippen LogP contribution in [0.4, 0.5) is 0 Å². The summed E-state index contributed by atoms with van der Waals surface area (Å²) in [7, 11) is 0. The van der Waals surface area contributed by atoms with Gasteiger partial charge in [-0.15, -0.1) is 0 Å². The second kappa shape index (κ2) is 7.35. The van der Waals surface area contributed by atoms with Crippen molar-refractivity contribution in [3.63, 3.8) is 0 Å². The quantitative estimate of drug-likeness (QED) is 0.878. The van der Waals surface area contributed by atoms with Gasteiger partial charge in [0, 0.05) is 18.1 Å². The summed E-state index contributed by atoms with van der Waals surface area (Å²) in [6.07, 6.45) is 1.63. The van der Waals surface area contributed by atoms with E-state index < -0.39 is 6.10 Å². The Hall–Kier alpha value is -1.55. The second-order valence-electron chi connectivity index (χ2n) is 6.12. The topological polar surface area (TPSA) is 41.5 Å². The molecule has 3 rings (SSSR count). The molecule has 2 N–H and O–H groups in total. The number of aliphatic hydroxyl groups is 1. The Morgan fingerprint density at radius 2 is 2.17 bits per heavy atom. The average Bonchev–Trinajstić information content (AvgIpc) is 2.55. The molecule has 0 bridgehead atoms. The highest BCUT2D eigenvalue weighted by Gasteiger charge is 2.19. The Morgan fingerprint density at radius 3 is 3.00 bits per heavy atom. The van der Waals surface area contributed by atoms with Gasteiger partial charge in [-0.25, -0.2) is 0 Å². The van der Waals surface area contributed by atoms with Gasteiger partial charge in [0.25, 0.3) is 0 Å². The molecule has 1 aliphatic rings. The summed E-state index contributed by atoms with van der Waals surface area (Å²) in [5.74, 6) is 0.990. The van der Waals surface area contributed by atoms with E-state index in [9.17, 15) is 5.11 Å². The van der Waals surface area contributed by atoms with Gasteiger partial charge in [0.15, 0.2) is 0 Å². The molecule has 2 aromatic rings. The zero-order chi connectivity index (χ0) is 16.2. The molecule has 0 amide bonds. The zero-order valence-corrected chi connectivity index (χ0v) is 14.0. The smallest absolute Gasteiger partial charge is 0.122 e. The van der Waals surface area contributed by atoms with E-state index in [4.69, 9.17) is 16.3 Å². The monoisotopic (exact) mass is 331 g/mol. The lowest BCUT2D eigenvalue weighted by Gasteiger charge is -2.27. The molecule has 0 radical (unpaired) electrons. The van der Waals surface area contributed by atoms with Crippen LogP contribution in [-0.2, 0) is 6.42 Å². The van der Waals surface area contributed by atoms with Crippen molar-refractivity contribution in [1.29, 1.82) is 0 Å². The minimum atomic E-state index is -0.563. The van der Waals surface area contributed by atoms with E-state index in [0.717, 1.165) is 30.7 Å². The Bertz CT molecular complexity index is 674. The maximum absolute atomic E-state index is 10.2. The number of halogens is 1. The van der Waals surface area contributed by atoms with E-state index in [0.29, 0.717) is 11.6 Å². The Labute approximate surface area is 142 Å². The summed E-state index contributed by atoms with van der Waals surface area (Å²) in [5, 5.41) is 14.1. The summed E-state index contributed by atoms with van der Waals surface area (Å²) in [5.41, 5.74) is 3.39. The predicted octanol–water partition coefficient (Wildman–Crippen LogP) is 3.67. The maximum Gasteiger partial charge on any atom is 0.122 e. The number of nitrogens with one attached hydrogen (secondary N) is 1. The van der Waals surface area contributed by atoms with Gasteiger partial charge in [-0.3, -0.25) is 0 Å². The van der Waals surface area contributed by atoms with Crippen LogP contribution in [0.2, 0.25) is 5.02 Å². The van der Waals surface area contributed by atoms with E-state index in [2.05, 4.69) is 30.4 Å². The molecule has 0 aromatic heterocycles. The van der Waals surface area contributed by atoms with Crippen molar-refractivity contribution in [3.8, 4) is 5.75 Å². The van der Waals surface area contributed by atoms with Crippen molar-refractivity contribution < 1.29 is 9.84 Å². The lowest BCUT2D eigenvalue weighted by molar-refractivity contribution is 0.146. The molecule has 2 atom stereocenters. The summed E-state index contributed by atoms with van der Waals surface area (Å²) < 4.78 is 6.03. The number of rotatable bonds is 5. The van der Waals surface area contributed by atoms with E-state index in [-0.39, 0.29) is 6.10 Å².